The number of furan rings is 1. The van der Waals surface area contributed by atoms with Gasteiger partial charge in [-0.25, -0.2) is 4.98 Å². The van der Waals surface area contributed by atoms with Crippen molar-refractivity contribution in [3.05, 3.63) is 112 Å². The maximum absolute atomic E-state index is 13.1. The van der Waals surface area contributed by atoms with Gasteiger partial charge in [0.25, 0.3) is 5.91 Å². The van der Waals surface area contributed by atoms with Crippen LogP contribution in [0.4, 0.5) is 5.13 Å². The number of carbonyl (C=O) groups is 1. The molecule has 0 atom stereocenters. The lowest BCUT2D eigenvalue weighted by atomic mass is 10.1. The number of benzene rings is 3. The monoisotopic (exact) mass is 454 g/mol. The van der Waals surface area contributed by atoms with Crippen LogP contribution in [0.1, 0.15) is 32.1 Å². The van der Waals surface area contributed by atoms with Crippen molar-refractivity contribution in [3.8, 4) is 5.75 Å². The highest BCUT2D eigenvalue weighted by molar-refractivity contribution is 7.15. The van der Waals surface area contributed by atoms with E-state index in [2.05, 4.69) is 41.5 Å². The van der Waals surface area contributed by atoms with E-state index in [9.17, 15) is 4.79 Å². The van der Waals surface area contributed by atoms with Crippen LogP contribution in [-0.2, 0) is 13.0 Å². The predicted octanol–water partition coefficient (Wildman–Crippen LogP) is 6.62. The Morgan fingerprint density at radius 2 is 1.85 bits per heavy atom. The molecular weight excluding hydrogens is 432 g/mol. The lowest BCUT2D eigenvalue weighted by Crippen LogP contribution is -2.13. The van der Waals surface area contributed by atoms with Crippen LogP contribution in [0, 0.1) is 6.92 Å². The van der Waals surface area contributed by atoms with E-state index in [1.54, 1.807) is 6.20 Å². The molecule has 0 radical (unpaired) electrons. The average Bonchev–Trinajstić information content (AvgIpc) is 3.42. The summed E-state index contributed by atoms with van der Waals surface area (Å²) in [5.74, 6) is 0.631. The third kappa shape index (κ3) is 4.81. The van der Waals surface area contributed by atoms with E-state index in [-0.39, 0.29) is 18.3 Å². The van der Waals surface area contributed by atoms with Crippen molar-refractivity contribution in [3.63, 3.8) is 0 Å². The minimum Gasteiger partial charge on any atom is -0.489 e. The number of amides is 1. The Kier molecular flexibility index (Phi) is 5.91. The van der Waals surface area contributed by atoms with E-state index in [0.29, 0.717) is 16.3 Å². The van der Waals surface area contributed by atoms with Gasteiger partial charge in [-0.15, -0.1) is 11.3 Å². The molecule has 1 amide bonds. The molecule has 0 aliphatic heterocycles. The molecule has 5 rings (SSSR count). The summed E-state index contributed by atoms with van der Waals surface area (Å²) in [6, 6.07) is 25.5. The number of rotatable bonds is 7. The van der Waals surface area contributed by atoms with Gasteiger partial charge < -0.3 is 9.15 Å². The molecular formula is C27H22N2O3S. The van der Waals surface area contributed by atoms with Crippen molar-refractivity contribution in [2.24, 2.45) is 0 Å². The number of fused-ring (bicyclic) bond motifs is 1. The molecule has 2 heterocycles. The predicted molar refractivity (Wildman–Crippen MR) is 131 cm³/mol. The van der Waals surface area contributed by atoms with Gasteiger partial charge in [-0.2, -0.15) is 0 Å². The number of ether oxygens (including phenoxy) is 1. The first-order valence-corrected chi connectivity index (χ1v) is 11.5. The molecule has 0 bridgehead atoms. The van der Waals surface area contributed by atoms with E-state index >= 15 is 0 Å². The van der Waals surface area contributed by atoms with Crippen molar-refractivity contribution in [1.82, 2.24) is 4.98 Å². The number of thiazole rings is 1. The van der Waals surface area contributed by atoms with Crippen LogP contribution in [-0.4, -0.2) is 10.9 Å². The Hall–Kier alpha value is -3.90. The number of nitrogens with zero attached hydrogens (tertiary/aromatic N) is 1. The number of hydrogen-bond acceptors (Lipinski definition) is 5. The van der Waals surface area contributed by atoms with Gasteiger partial charge in [0.1, 0.15) is 17.9 Å². The molecule has 0 unspecified atom stereocenters. The van der Waals surface area contributed by atoms with Crippen molar-refractivity contribution in [1.29, 1.82) is 0 Å². The van der Waals surface area contributed by atoms with Gasteiger partial charge in [0.2, 0.25) is 0 Å². The molecule has 0 saturated carbocycles. The zero-order chi connectivity index (χ0) is 22.6. The van der Waals surface area contributed by atoms with E-state index in [1.807, 2.05) is 54.6 Å². The first-order chi connectivity index (χ1) is 16.2. The molecule has 6 heteroatoms. The molecule has 164 valence electrons. The van der Waals surface area contributed by atoms with E-state index < -0.39 is 0 Å². The highest BCUT2D eigenvalue weighted by Crippen LogP contribution is 2.29. The normalized spacial score (nSPS) is 10.9. The van der Waals surface area contributed by atoms with E-state index in [1.165, 1.54) is 22.5 Å². The average molecular weight is 455 g/mol. The Morgan fingerprint density at radius 3 is 2.70 bits per heavy atom. The summed E-state index contributed by atoms with van der Waals surface area (Å²) in [4.78, 5) is 18.6. The number of nitrogens with one attached hydrogen (secondary N) is 1. The van der Waals surface area contributed by atoms with E-state index in [4.69, 9.17) is 9.15 Å². The summed E-state index contributed by atoms with van der Waals surface area (Å²) in [6.07, 6.45) is 2.58. The highest BCUT2D eigenvalue weighted by Gasteiger charge is 2.22. The van der Waals surface area contributed by atoms with Crippen LogP contribution >= 0.6 is 11.3 Å². The number of aromatic nitrogens is 1. The fraction of sp³-hybridized carbons (Fsp3) is 0.111. The van der Waals surface area contributed by atoms with Crippen molar-refractivity contribution in [2.45, 2.75) is 20.0 Å². The Labute approximate surface area is 195 Å². The zero-order valence-electron chi connectivity index (χ0n) is 18.1. The Balaban J connectivity index is 1.35. The standard InChI is InChI=1S/C27H22N2O3S/c1-18-8-7-9-19(14-18)15-21-16-28-27(33-21)29-26(30)25-23(17-31-20-10-3-2-4-11-20)22-12-5-6-13-24(22)32-25/h2-14,16H,15,17H2,1H3,(H,28,29,30). The highest BCUT2D eigenvalue weighted by atomic mass is 32.1. The van der Waals surface area contributed by atoms with Gasteiger partial charge in [0.15, 0.2) is 10.9 Å². The van der Waals surface area contributed by atoms with Gasteiger partial charge in [-0.05, 0) is 30.7 Å². The molecule has 0 spiro atoms. The number of para-hydroxylation sites is 2. The Morgan fingerprint density at radius 1 is 1.03 bits per heavy atom. The minimum atomic E-state index is -0.339. The van der Waals surface area contributed by atoms with Gasteiger partial charge in [-0.1, -0.05) is 66.2 Å². The van der Waals surface area contributed by atoms with Crippen LogP contribution in [0.15, 0.2) is 89.5 Å². The molecule has 3 aromatic carbocycles. The molecule has 0 aliphatic carbocycles. The van der Waals surface area contributed by atoms with Gasteiger partial charge in [0.05, 0.1) is 0 Å². The van der Waals surface area contributed by atoms with Crippen molar-refractivity contribution < 1.29 is 13.9 Å². The fourth-order valence-corrected chi connectivity index (χ4v) is 4.56. The third-order valence-electron chi connectivity index (χ3n) is 5.27. The number of carbonyl (C=O) groups excluding carboxylic acids is 1. The second-order valence-electron chi connectivity index (χ2n) is 7.76. The molecule has 0 aliphatic rings. The Bertz CT molecular complexity index is 1410. The minimum absolute atomic E-state index is 0.222. The zero-order valence-corrected chi connectivity index (χ0v) is 18.9. The summed E-state index contributed by atoms with van der Waals surface area (Å²) in [5, 5.41) is 4.29. The van der Waals surface area contributed by atoms with Gasteiger partial charge in [-0.3, -0.25) is 10.1 Å². The molecule has 5 nitrogen and oxygen atoms in total. The van der Waals surface area contributed by atoms with Crippen molar-refractivity contribution in [2.75, 3.05) is 5.32 Å². The topological polar surface area (TPSA) is 64.4 Å². The number of anilines is 1. The summed E-state index contributed by atoms with van der Waals surface area (Å²) in [7, 11) is 0. The maximum Gasteiger partial charge on any atom is 0.293 e. The second kappa shape index (κ2) is 9.30. The molecule has 0 fully saturated rings. The molecule has 2 aromatic heterocycles. The van der Waals surface area contributed by atoms with Crippen LogP contribution < -0.4 is 10.1 Å². The summed E-state index contributed by atoms with van der Waals surface area (Å²) in [6.45, 7) is 2.30. The first kappa shape index (κ1) is 21.0. The largest absolute Gasteiger partial charge is 0.489 e. The number of hydrogen-bond donors (Lipinski definition) is 1. The first-order valence-electron chi connectivity index (χ1n) is 10.7. The lowest BCUT2D eigenvalue weighted by molar-refractivity contribution is 0.0995. The maximum atomic E-state index is 13.1. The molecule has 0 saturated heterocycles. The summed E-state index contributed by atoms with van der Waals surface area (Å²) < 4.78 is 11.8. The van der Waals surface area contributed by atoms with Crippen LogP contribution in [0.3, 0.4) is 0 Å². The number of aryl methyl sites for hydroxylation is 1. The molecule has 1 N–H and O–H groups in total. The SMILES string of the molecule is Cc1cccc(Cc2cnc(NC(=O)c3oc4ccccc4c3COc3ccccc3)s2)c1. The summed E-state index contributed by atoms with van der Waals surface area (Å²) in [5.41, 5.74) is 3.80. The molecule has 5 aromatic rings. The third-order valence-corrected chi connectivity index (χ3v) is 6.18. The summed E-state index contributed by atoms with van der Waals surface area (Å²) >= 11 is 1.46. The smallest absolute Gasteiger partial charge is 0.293 e. The second-order valence-corrected chi connectivity index (χ2v) is 8.87. The quantitative estimate of drug-likeness (QED) is 0.300. The van der Waals surface area contributed by atoms with Crippen LogP contribution in [0.5, 0.6) is 5.75 Å². The fourth-order valence-electron chi connectivity index (χ4n) is 3.72. The van der Waals surface area contributed by atoms with Crippen molar-refractivity contribution >= 4 is 33.3 Å². The van der Waals surface area contributed by atoms with Crippen LogP contribution in [0.2, 0.25) is 0 Å². The van der Waals surface area contributed by atoms with E-state index in [0.717, 1.165) is 22.4 Å². The lowest BCUT2D eigenvalue weighted by Gasteiger charge is -2.07. The molecule has 33 heavy (non-hydrogen) atoms. The van der Waals surface area contributed by atoms with Crippen LogP contribution in [0.25, 0.3) is 11.0 Å². The van der Waals surface area contributed by atoms with Gasteiger partial charge in [0, 0.05) is 28.4 Å². The van der Waals surface area contributed by atoms with Gasteiger partial charge >= 0.3 is 0 Å².